The van der Waals surface area contributed by atoms with Crippen LogP contribution >= 0.6 is 11.6 Å². The van der Waals surface area contributed by atoms with Crippen LogP contribution in [0, 0.1) is 5.92 Å². The molecule has 3 nitrogen and oxygen atoms in total. The Morgan fingerprint density at radius 3 is 2.84 bits per heavy atom. The van der Waals surface area contributed by atoms with E-state index in [1.807, 2.05) is 43.0 Å². The molecule has 1 fully saturated rings. The minimum Gasteiger partial charge on any atom is -0.342 e. The first kappa shape index (κ1) is 14.4. The molecule has 1 heterocycles. The molecule has 0 bridgehead atoms. The third kappa shape index (κ3) is 2.93. The van der Waals surface area contributed by atoms with Crippen molar-refractivity contribution in [1.82, 2.24) is 4.90 Å². The third-order valence-corrected chi connectivity index (χ3v) is 4.22. The number of nitrogens with zero attached hydrogens (tertiary/aromatic N) is 1. The van der Waals surface area contributed by atoms with E-state index in [1.54, 1.807) is 0 Å². The summed E-state index contributed by atoms with van der Waals surface area (Å²) in [5, 5.41) is 0.666. The van der Waals surface area contributed by atoms with Gasteiger partial charge in [-0.1, -0.05) is 23.7 Å². The van der Waals surface area contributed by atoms with Crippen molar-refractivity contribution in [2.24, 2.45) is 11.7 Å². The number of rotatable bonds is 3. The van der Waals surface area contributed by atoms with E-state index >= 15 is 0 Å². The van der Waals surface area contributed by atoms with Crippen LogP contribution in [0.1, 0.15) is 25.8 Å². The number of carbonyl (C=O) groups is 1. The standard InChI is InChI=1S/C15H21ClN2O/c1-15(2,12-4-3-5-13(16)8-12)14(19)18-7-6-11(9-17)10-18/h3-5,8,11H,6-7,9-10,17H2,1-2H3. The number of nitrogens with two attached hydrogens (primary N) is 1. The van der Waals surface area contributed by atoms with E-state index in [2.05, 4.69) is 0 Å². The minimum atomic E-state index is -0.547. The van der Waals surface area contributed by atoms with Crippen molar-refractivity contribution in [2.75, 3.05) is 19.6 Å². The van der Waals surface area contributed by atoms with Gasteiger partial charge in [0.25, 0.3) is 0 Å². The van der Waals surface area contributed by atoms with Crippen LogP contribution in [0.5, 0.6) is 0 Å². The molecule has 1 aliphatic heterocycles. The zero-order valence-corrected chi connectivity index (χ0v) is 12.3. The lowest BCUT2D eigenvalue weighted by atomic mass is 9.83. The smallest absolute Gasteiger partial charge is 0.232 e. The van der Waals surface area contributed by atoms with Crippen LogP contribution < -0.4 is 5.73 Å². The van der Waals surface area contributed by atoms with Crippen LogP contribution in [-0.4, -0.2) is 30.4 Å². The van der Waals surface area contributed by atoms with Crippen molar-refractivity contribution in [3.8, 4) is 0 Å². The van der Waals surface area contributed by atoms with Crippen LogP contribution in [0.15, 0.2) is 24.3 Å². The third-order valence-electron chi connectivity index (χ3n) is 3.99. The first-order chi connectivity index (χ1) is 8.95. The summed E-state index contributed by atoms with van der Waals surface area (Å²) in [6.45, 7) is 6.15. The Morgan fingerprint density at radius 1 is 1.53 bits per heavy atom. The predicted octanol–water partition coefficient (Wildman–Crippen LogP) is 2.42. The lowest BCUT2D eigenvalue weighted by molar-refractivity contribution is -0.135. The molecule has 1 aromatic rings. The number of likely N-dealkylation sites (tertiary alicyclic amines) is 1. The molecule has 1 saturated heterocycles. The van der Waals surface area contributed by atoms with Crippen LogP contribution in [0.3, 0.4) is 0 Å². The highest BCUT2D eigenvalue weighted by Crippen LogP contribution is 2.29. The molecule has 19 heavy (non-hydrogen) atoms. The van der Waals surface area contributed by atoms with E-state index in [4.69, 9.17) is 17.3 Å². The van der Waals surface area contributed by atoms with E-state index in [0.29, 0.717) is 17.5 Å². The zero-order chi connectivity index (χ0) is 14.0. The fourth-order valence-corrected chi connectivity index (χ4v) is 2.80. The summed E-state index contributed by atoms with van der Waals surface area (Å²) in [5.41, 5.74) is 6.09. The normalized spacial score (nSPS) is 19.8. The lowest BCUT2D eigenvalue weighted by Gasteiger charge is -2.30. The summed E-state index contributed by atoms with van der Waals surface area (Å²) in [6.07, 6.45) is 1.01. The monoisotopic (exact) mass is 280 g/mol. The van der Waals surface area contributed by atoms with Crippen molar-refractivity contribution < 1.29 is 4.79 Å². The van der Waals surface area contributed by atoms with Crippen molar-refractivity contribution in [3.05, 3.63) is 34.9 Å². The number of amides is 1. The highest BCUT2D eigenvalue weighted by atomic mass is 35.5. The van der Waals surface area contributed by atoms with Crippen LogP contribution in [-0.2, 0) is 10.2 Å². The van der Waals surface area contributed by atoms with Gasteiger partial charge in [-0.05, 0) is 50.4 Å². The van der Waals surface area contributed by atoms with Gasteiger partial charge in [0.1, 0.15) is 0 Å². The fourth-order valence-electron chi connectivity index (χ4n) is 2.61. The zero-order valence-electron chi connectivity index (χ0n) is 11.5. The summed E-state index contributed by atoms with van der Waals surface area (Å²) in [6, 6.07) is 7.54. The highest BCUT2D eigenvalue weighted by Gasteiger charge is 2.36. The number of halogens is 1. The summed E-state index contributed by atoms with van der Waals surface area (Å²) in [4.78, 5) is 14.6. The summed E-state index contributed by atoms with van der Waals surface area (Å²) in [7, 11) is 0. The van der Waals surface area contributed by atoms with E-state index in [1.165, 1.54) is 0 Å². The van der Waals surface area contributed by atoms with Crippen molar-refractivity contribution >= 4 is 17.5 Å². The second-order valence-electron chi connectivity index (χ2n) is 5.78. The van der Waals surface area contributed by atoms with E-state index < -0.39 is 5.41 Å². The Balaban J connectivity index is 2.17. The van der Waals surface area contributed by atoms with Gasteiger partial charge in [-0.2, -0.15) is 0 Å². The molecule has 1 aliphatic rings. The maximum atomic E-state index is 12.7. The van der Waals surface area contributed by atoms with Crippen molar-refractivity contribution in [2.45, 2.75) is 25.7 Å². The Kier molecular flexibility index (Phi) is 4.16. The summed E-state index contributed by atoms with van der Waals surface area (Å²) < 4.78 is 0. The van der Waals surface area contributed by atoms with E-state index in [-0.39, 0.29) is 5.91 Å². The van der Waals surface area contributed by atoms with Gasteiger partial charge in [0.2, 0.25) is 5.91 Å². The molecule has 1 unspecified atom stereocenters. The largest absolute Gasteiger partial charge is 0.342 e. The van der Waals surface area contributed by atoms with Gasteiger partial charge in [-0.3, -0.25) is 4.79 Å². The molecule has 0 aromatic heterocycles. The maximum Gasteiger partial charge on any atom is 0.232 e. The summed E-state index contributed by atoms with van der Waals surface area (Å²) >= 11 is 6.02. The lowest BCUT2D eigenvalue weighted by Crippen LogP contribution is -2.42. The molecule has 0 saturated carbocycles. The molecule has 2 N–H and O–H groups in total. The Hall–Kier alpha value is -1.06. The molecule has 4 heteroatoms. The quantitative estimate of drug-likeness (QED) is 0.924. The molecule has 0 aliphatic carbocycles. The van der Waals surface area contributed by atoms with E-state index in [9.17, 15) is 4.79 Å². The molecule has 104 valence electrons. The predicted molar refractivity (Wildman–Crippen MR) is 78.2 cm³/mol. The second-order valence-corrected chi connectivity index (χ2v) is 6.21. The maximum absolute atomic E-state index is 12.7. The van der Waals surface area contributed by atoms with Crippen LogP contribution in [0.4, 0.5) is 0 Å². The minimum absolute atomic E-state index is 0.158. The highest BCUT2D eigenvalue weighted by molar-refractivity contribution is 6.30. The average molecular weight is 281 g/mol. The number of carbonyl (C=O) groups excluding carboxylic acids is 1. The van der Waals surface area contributed by atoms with Crippen LogP contribution in [0.25, 0.3) is 0 Å². The van der Waals surface area contributed by atoms with Gasteiger partial charge in [0.05, 0.1) is 5.41 Å². The molecule has 0 spiro atoms. The molecule has 1 aromatic carbocycles. The first-order valence-corrected chi connectivity index (χ1v) is 7.08. The number of hydrogen-bond donors (Lipinski definition) is 1. The van der Waals surface area contributed by atoms with Gasteiger partial charge < -0.3 is 10.6 Å². The molecule has 2 rings (SSSR count). The molecule has 0 radical (unpaired) electrons. The van der Waals surface area contributed by atoms with Gasteiger partial charge in [-0.15, -0.1) is 0 Å². The second kappa shape index (κ2) is 5.51. The van der Waals surface area contributed by atoms with Crippen molar-refractivity contribution in [3.63, 3.8) is 0 Å². The Morgan fingerprint density at radius 2 is 2.26 bits per heavy atom. The van der Waals surface area contributed by atoms with Crippen LogP contribution in [0.2, 0.25) is 5.02 Å². The summed E-state index contributed by atoms with van der Waals surface area (Å²) in [5.74, 6) is 0.602. The van der Waals surface area contributed by atoms with Gasteiger partial charge in [0, 0.05) is 18.1 Å². The molecular formula is C15H21ClN2O. The van der Waals surface area contributed by atoms with E-state index in [0.717, 1.165) is 25.1 Å². The fraction of sp³-hybridized carbons (Fsp3) is 0.533. The average Bonchev–Trinajstić information content (AvgIpc) is 2.86. The molecule has 1 atom stereocenters. The van der Waals surface area contributed by atoms with Crippen molar-refractivity contribution in [1.29, 1.82) is 0 Å². The topological polar surface area (TPSA) is 46.3 Å². The van der Waals surface area contributed by atoms with Gasteiger partial charge in [-0.25, -0.2) is 0 Å². The first-order valence-electron chi connectivity index (χ1n) is 6.70. The number of hydrogen-bond acceptors (Lipinski definition) is 2. The van der Waals surface area contributed by atoms with Gasteiger partial charge >= 0.3 is 0 Å². The molecule has 1 amide bonds. The number of benzene rings is 1. The Bertz CT molecular complexity index is 473. The van der Waals surface area contributed by atoms with Gasteiger partial charge in [0.15, 0.2) is 0 Å². The SMILES string of the molecule is CC(C)(C(=O)N1CCC(CN)C1)c1cccc(Cl)c1. The Labute approximate surface area is 119 Å². The molecular weight excluding hydrogens is 260 g/mol.